The molecule has 6 heteroatoms. The van der Waals surface area contributed by atoms with E-state index in [-0.39, 0.29) is 0 Å². The molecule has 1 fully saturated rings. The minimum absolute atomic E-state index is 0.539. The molecule has 0 radical (unpaired) electrons. The number of nitrogens with one attached hydrogen (secondary N) is 1. The van der Waals surface area contributed by atoms with Gasteiger partial charge in [-0.05, 0) is 33.6 Å². The Morgan fingerprint density at radius 2 is 1.75 bits per heavy atom. The molecule has 1 aliphatic rings. The van der Waals surface area contributed by atoms with Gasteiger partial charge in [-0.3, -0.25) is 0 Å². The summed E-state index contributed by atoms with van der Waals surface area (Å²) in [5, 5.41) is 0. The van der Waals surface area contributed by atoms with Gasteiger partial charge in [-0.1, -0.05) is 0 Å². The fourth-order valence-electron chi connectivity index (χ4n) is 1.35. The number of carbonyl (C=O) groups excluding carboxylic acids is 2. The van der Waals surface area contributed by atoms with Crippen molar-refractivity contribution >= 4 is 12.2 Å². The van der Waals surface area contributed by atoms with E-state index >= 15 is 0 Å². The molecule has 2 amide bonds. The van der Waals surface area contributed by atoms with Gasteiger partial charge in [0.2, 0.25) is 0 Å². The summed E-state index contributed by atoms with van der Waals surface area (Å²) in [5.74, 6) is 0. The second-order valence-electron chi connectivity index (χ2n) is 4.67. The Labute approximate surface area is 94.8 Å². The van der Waals surface area contributed by atoms with E-state index in [0.29, 0.717) is 13.1 Å². The third-order valence-electron chi connectivity index (χ3n) is 1.98. The van der Waals surface area contributed by atoms with E-state index in [1.807, 2.05) is 5.48 Å². The van der Waals surface area contributed by atoms with Gasteiger partial charge in [0.1, 0.15) is 5.60 Å². The van der Waals surface area contributed by atoms with Crippen LogP contribution in [0.25, 0.3) is 0 Å². The molecule has 6 nitrogen and oxygen atoms in total. The molecule has 0 bridgehead atoms. The maximum absolute atomic E-state index is 11.3. The highest BCUT2D eigenvalue weighted by Crippen LogP contribution is 2.09. The van der Waals surface area contributed by atoms with Crippen molar-refractivity contribution in [3.05, 3.63) is 0 Å². The summed E-state index contributed by atoms with van der Waals surface area (Å²) in [7, 11) is 0. The van der Waals surface area contributed by atoms with E-state index in [1.54, 1.807) is 20.8 Å². The Balaban J connectivity index is 2.23. The molecular weight excluding hydrogens is 212 g/mol. The molecule has 0 aromatic carbocycles. The van der Waals surface area contributed by atoms with Crippen molar-refractivity contribution in [1.29, 1.82) is 0 Å². The average Bonchev–Trinajstić information content (AvgIpc) is 2.64. The van der Waals surface area contributed by atoms with Gasteiger partial charge in [-0.15, -0.1) is 5.48 Å². The highest BCUT2D eigenvalue weighted by atomic mass is 16.7. The zero-order valence-corrected chi connectivity index (χ0v) is 9.91. The van der Waals surface area contributed by atoms with Crippen LogP contribution in [0.3, 0.4) is 0 Å². The molecule has 0 aromatic heterocycles. The van der Waals surface area contributed by atoms with Crippen molar-refractivity contribution in [2.45, 2.75) is 39.2 Å². The molecule has 1 aliphatic heterocycles. The first-order valence-electron chi connectivity index (χ1n) is 5.33. The Morgan fingerprint density at radius 1 is 1.19 bits per heavy atom. The minimum Gasteiger partial charge on any atom is -0.442 e. The predicted molar refractivity (Wildman–Crippen MR) is 56.7 cm³/mol. The van der Waals surface area contributed by atoms with Crippen LogP contribution in [-0.2, 0) is 9.57 Å². The summed E-state index contributed by atoms with van der Waals surface area (Å²) < 4.78 is 4.90. The second kappa shape index (κ2) is 5.05. The van der Waals surface area contributed by atoms with E-state index in [9.17, 15) is 9.59 Å². The lowest BCUT2D eigenvalue weighted by Crippen LogP contribution is -2.38. The van der Waals surface area contributed by atoms with Crippen LogP contribution in [0.15, 0.2) is 0 Å². The van der Waals surface area contributed by atoms with Crippen LogP contribution in [0.4, 0.5) is 9.59 Å². The Bertz CT molecular complexity index is 266. The topological polar surface area (TPSA) is 67.9 Å². The van der Waals surface area contributed by atoms with Crippen LogP contribution >= 0.6 is 0 Å². The third-order valence-corrected chi connectivity index (χ3v) is 1.98. The lowest BCUT2D eigenvalue weighted by Gasteiger charge is -2.20. The molecule has 1 heterocycles. The monoisotopic (exact) mass is 230 g/mol. The molecule has 0 spiro atoms. The molecule has 1 saturated heterocycles. The van der Waals surface area contributed by atoms with Crippen LogP contribution < -0.4 is 5.48 Å². The zero-order chi connectivity index (χ0) is 12.2. The van der Waals surface area contributed by atoms with E-state index in [1.165, 1.54) is 4.90 Å². The first-order chi connectivity index (χ1) is 7.38. The van der Waals surface area contributed by atoms with Crippen LogP contribution in [-0.4, -0.2) is 35.8 Å². The van der Waals surface area contributed by atoms with Gasteiger partial charge >= 0.3 is 12.2 Å². The number of likely N-dealkylation sites (tertiary alicyclic amines) is 1. The number of ether oxygens (including phenoxy) is 1. The third kappa shape index (κ3) is 4.37. The molecule has 0 aromatic rings. The van der Waals surface area contributed by atoms with Gasteiger partial charge in [0.15, 0.2) is 0 Å². The smallest absolute Gasteiger partial charge is 0.441 e. The zero-order valence-electron chi connectivity index (χ0n) is 9.91. The van der Waals surface area contributed by atoms with Crippen LogP contribution in [0.5, 0.6) is 0 Å². The number of hydrogen-bond acceptors (Lipinski definition) is 4. The van der Waals surface area contributed by atoms with Crippen molar-refractivity contribution in [2.24, 2.45) is 0 Å². The lowest BCUT2D eigenvalue weighted by atomic mass is 10.2. The maximum atomic E-state index is 11.3. The van der Waals surface area contributed by atoms with Crippen LogP contribution in [0.1, 0.15) is 33.6 Å². The molecular formula is C10H18N2O4. The fourth-order valence-corrected chi connectivity index (χ4v) is 1.35. The Hall–Kier alpha value is -1.46. The van der Waals surface area contributed by atoms with Crippen molar-refractivity contribution in [1.82, 2.24) is 10.4 Å². The summed E-state index contributed by atoms with van der Waals surface area (Å²) in [4.78, 5) is 28.6. The Morgan fingerprint density at radius 3 is 2.25 bits per heavy atom. The summed E-state index contributed by atoms with van der Waals surface area (Å²) >= 11 is 0. The fraction of sp³-hybridized carbons (Fsp3) is 0.800. The standard InChI is InChI=1S/C10H18N2O4/c1-10(2,3)15-8(13)11-16-9(14)12-6-4-5-7-12/h4-7H2,1-3H3,(H,11,13). The van der Waals surface area contributed by atoms with E-state index in [2.05, 4.69) is 4.84 Å². The molecule has 1 rings (SSSR count). The van der Waals surface area contributed by atoms with E-state index < -0.39 is 17.8 Å². The molecule has 0 aliphatic carbocycles. The highest BCUT2D eigenvalue weighted by Gasteiger charge is 2.22. The number of carbonyl (C=O) groups is 2. The maximum Gasteiger partial charge on any atom is 0.441 e. The number of hydroxylamine groups is 1. The number of nitrogens with zero attached hydrogens (tertiary/aromatic N) is 1. The quantitative estimate of drug-likeness (QED) is 0.642. The SMILES string of the molecule is CC(C)(C)OC(=O)NOC(=O)N1CCCC1. The summed E-state index contributed by atoms with van der Waals surface area (Å²) in [6.07, 6.45) is 0.645. The van der Waals surface area contributed by atoms with Crippen LogP contribution in [0.2, 0.25) is 0 Å². The summed E-state index contributed by atoms with van der Waals surface area (Å²) in [5.41, 5.74) is 1.36. The second-order valence-corrected chi connectivity index (χ2v) is 4.67. The van der Waals surface area contributed by atoms with Crippen molar-refractivity contribution < 1.29 is 19.2 Å². The molecule has 0 saturated carbocycles. The number of rotatable bonds is 0. The molecule has 0 unspecified atom stereocenters. The Kier molecular flexibility index (Phi) is 3.98. The molecule has 92 valence electrons. The van der Waals surface area contributed by atoms with Gasteiger partial charge in [0.05, 0.1) is 0 Å². The van der Waals surface area contributed by atoms with Crippen molar-refractivity contribution in [3.63, 3.8) is 0 Å². The lowest BCUT2D eigenvalue weighted by molar-refractivity contribution is 0.00748. The highest BCUT2D eigenvalue weighted by molar-refractivity contribution is 5.72. The first kappa shape index (κ1) is 12.6. The first-order valence-corrected chi connectivity index (χ1v) is 5.33. The predicted octanol–water partition coefficient (Wildman–Crippen LogP) is 1.66. The van der Waals surface area contributed by atoms with E-state index in [4.69, 9.17) is 4.74 Å². The summed E-state index contributed by atoms with van der Waals surface area (Å²) in [6.45, 7) is 6.54. The average molecular weight is 230 g/mol. The molecule has 1 N–H and O–H groups in total. The van der Waals surface area contributed by atoms with Crippen molar-refractivity contribution in [3.8, 4) is 0 Å². The number of hydrogen-bond donors (Lipinski definition) is 1. The van der Waals surface area contributed by atoms with Crippen molar-refractivity contribution in [2.75, 3.05) is 13.1 Å². The van der Waals surface area contributed by atoms with Gasteiger partial charge in [0.25, 0.3) is 0 Å². The van der Waals surface area contributed by atoms with Gasteiger partial charge in [-0.25, -0.2) is 9.59 Å². The minimum atomic E-state index is -0.764. The van der Waals surface area contributed by atoms with Gasteiger partial charge < -0.3 is 14.5 Å². The molecule has 0 atom stereocenters. The molecule has 16 heavy (non-hydrogen) atoms. The summed E-state index contributed by atoms with van der Waals surface area (Å²) in [6, 6.07) is 0. The number of amides is 2. The van der Waals surface area contributed by atoms with E-state index in [0.717, 1.165) is 12.8 Å². The normalized spacial score (nSPS) is 15.8. The largest absolute Gasteiger partial charge is 0.442 e. The van der Waals surface area contributed by atoms with Gasteiger partial charge in [0, 0.05) is 13.1 Å². The van der Waals surface area contributed by atoms with Crippen LogP contribution in [0, 0.1) is 0 Å². The van der Waals surface area contributed by atoms with Gasteiger partial charge in [-0.2, -0.15) is 0 Å².